The fourth-order valence-corrected chi connectivity index (χ4v) is 1.85. The molecule has 0 fully saturated rings. The Morgan fingerprint density at radius 2 is 2.25 bits per heavy atom. The fourth-order valence-electron chi connectivity index (χ4n) is 1.27. The molecule has 0 unspecified atom stereocenters. The first kappa shape index (κ1) is 10.7. The van der Waals surface area contributed by atoms with Crippen molar-refractivity contribution in [2.75, 3.05) is 17.7 Å². The highest BCUT2D eigenvalue weighted by atomic mass is 32.1. The standard InChI is InChI=1S/C10H12N4OS/c1-11-7-2-8(4-12-3-7)13-5-9-6-16-10(15)14-9/h2-4,6,11,13H,5H2,1H3,(H,14,15). The molecule has 0 amide bonds. The van der Waals surface area contributed by atoms with E-state index >= 15 is 0 Å². The monoisotopic (exact) mass is 236 g/mol. The van der Waals surface area contributed by atoms with Crippen molar-refractivity contribution in [3.05, 3.63) is 39.2 Å². The summed E-state index contributed by atoms with van der Waals surface area (Å²) < 4.78 is 0. The van der Waals surface area contributed by atoms with Gasteiger partial charge in [-0.2, -0.15) is 0 Å². The highest BCUT2D eigenvalue weighted by Crippen LogP contribution is 2.12. The van der Waals surface area contributed by atoms with Gasteiger partial charge in [-0.15, -0.1) is 0 Å². The van der Waals surface area contributed by atoms with E-state index in [9.17, 15) is 4.79 Å². The summed E-state index contributed by atoms with van der Waals surface area (Å²) in [6.45, 7) is 0.591. The van der Waals surface area contributed by atoms with Crippen molar-refractivity contribution in [2.24, 2.45) is 0 Å². The predicted molar refractivity (Wildman–Crippen MR) is 66.1 cm³/mol. The number of H-pyrrole nitrogens is 1. The van der Waals surface area contributed by atoms with E-state index in [1.807, 2.05) is 18.5 Å². The highest BCUT2D eigenvalue weighted by molar-refractivity contribution is 7.07. The third-order valence-electron chi connectivity index (χ3n) is 2.08. The number of anilines is 2. The molecule has 6 heteroatoms. The van der Waals surface area contributed by atoms with Crippen molar-refractivity contribution >= 4 is 22.7 Å². The van der Waals surface area contributed by atoms with Gasteiger partial charge >= 0.3 is 4.87 Å². The molecule has 84 valence electrons. The lowest BCUT2D eigenvalue weighted by Crippen LogP contribution is -2.03. The van der Waals surface area contributed by atoms with E-state index in [0.29, 0.717) is 6.54 Å². The molecule has 0 atom stereocenters. The van der Waals surface area contributed by atoms with Crippen LogP contribution in [0.15, 0.2) is 28.6 Å². The minimum absolute atomic E-state index is 0.0288. The maximum absolute atomic E-state index is 10.9. The fraction of sp³-hybridized carbons (Fsp3) is 0.200. The minimum atomic E-state index is -0.0288. The van der Waals surface area contributed by atoms with Crippen LogP contribution < -0.4 is 15.5 Å². The second-order valence-corrected chi connectivity index (χ2v) is 4.08. The molecule has 5 nitrogen and oxygen atoms in total. The molecule has 2 aromatic heterocycles. The molecule has 0 aromatic carbocycles. The van der Waals surface area contributed by atoms with Gasteiger partial charge in [-0.05, 0) is 6.07 Å². The Morgan fingerprint density at radius 3 is 2.94 bits per heavy atom. The predicted octanol–water partition coefficient (Wildman–Crippen LogP) is 1.49. The molecule has 0 aliphatic heterocycles. The second kappa shape index (κ2) is 4.80. The smallest absolute Gasteiger partial charge is 0.304 e. The van der Waals surface area contributed by atoms with Crippen LogP contribution >= 0.6 is 11.3 Å². The molecule has 0 radical (unpaired) electrons. The van der Waals surface area contributed by atoms with E-state index in [0.717, 1.165) is 17.1 Å². The zero-order chi connectivity index (χ0) is 11.4. The summed E-state index contributed by atoms with van der Waals surface area (Å²) in [6, 6.07) is 1.96. The number of aromatic nitrogens is 2. The summed E-state index contributed by atoms with van der Waals surface area (Å²) in [4.78, 5) is 17.7. The number of rotatable bonds is 4. The molecule has 16 heavy (non-hydrogen) atoms. The van der Waals surface area contributed by atoms with E-state index in [1.54, 1.807) is 12.4 Å². The number of pyridine rings is 1. The van der Waals surface area contributed by atoms with Crippen LogP contribution in [0.3, 0.4) is 0 Å². The molecule has 3 N–H and O–H groups in total. The van der Waals surface area contributed by atoms with Crippen LogP contribution in [0, 0.1) is 0 Å². The number of nitrogens with zero attached hydrogens (tertiary/aromatic N) is 1. The van der Waals surface area contributed by atoms with E-state index in [-0.39, 0.29) is 4.87 Å². The van der Waals surface area contributed by atoms with Gasteiger partial charge in [-0.1, -0.05) is 11.3 Å². The van der Waals surface area contributed by atoms with Gasteiger partial charge in [0.25, 0.3) is 0 Å². The lowest BCUT2D eigenvalue weighted by molar-refractivity contribution is 1.05. The molecule has 2 heterocycles. The Bertz CT molecular complexity index is 519. The van der Waals surface area contributed by atoms with Gasteiger partial charge in [0.2, 0.25) is 0 Å². The first-order chi connectivity index (χ1) is 7.78. The highest BCUT2D eigenvalue weighted by Gasteiger charge is 1.98. The summed E-state index contributed by atoms with van der Waals surface area (Å²) in [7, 11) is 1.84. The van der Waals surface area contributed by atoms with Crippen LogP contribution in [0.1, 0.15) is 5.69 Å². The average Bonchev–Trinajstić information content (AvgIpc) is 2.73. The molecule has 2 aromatic rings. The molecule has 2 rings (SSSR count). The Kier molecular flexibility index (Phi) is 3.21. The second-order valence-electron chi connectivity index (χ2n) is 3.24. The lowest BCUT2D eigenvalue weighted by Gasteiger charge is -2.06. The Morgan fingerprint density at radius 1 is 1.44 bits per heavy atom. The summed E-state index contributed by atoms with van der Waals surface area (Å²) in [5.74, 6) is 0. The largest absolute Gasteiger partial charge is 0.387 e. The molecule has 0 saturated carbocycles. The number of hydrogen-bond donors (Lipinski definition) is 3. The Balaban J connectivity index is 2.01. The van der Waals surface area contributed by atoms with Crippen molar-refractivity contribution in [1.29, 1.82) is 0 Å². The molecular weight excluding hydrogens is 224 g/mol. The molecule has 0 spiro atoms. The number of hydrogen-bond acceptors (Lipinski definition) is 5. The summed E-state index contributed by atoms with van der Waals surface area (Å²) in [5.41, 5.74) is 2.74. The average molecular weight is 236 g/mol. The topological polar surface area (TPSA) is 69.8 Å². The first-order valence-corrected chi connectivity index (χ1v) is 5.69. The maximum Gasteiger partial charge on any atom is 0.304 e. The SMILES string of the molecule is CNc1cncc(NCc2csc(=O)[nH]2)c1. The Labute approximate surface area is 96.6 Å². The van der Waals surface area contributed by atoms with Gasteiger partial charge in [-0.25, -0.2) is 0 Å². The van der Waals surface area contributed by atoms with E-state index < -0.39 is 0 Å². The van der Waals surface area contributed by atoms with Gasteiger partial charge in [0, 0.05) is 18.1 Å². The summed E-state index contributed by atoms with van der Waals surface area (Å²) in [6.07, 6.45) is 3.49. The van der Waals surface area contributed by atoms with Crippen LogP contribution in [-0.4, -0.2) is 17.0 Å². The maximum atomic E-state index is 10.9. The van der Waals surface area contributed by atoms with Gasteiger partial charge < -0.3 is 15.6 Å². The van der Waals surface area contributed by atoms with Crippen molar-refractivity contribution in [3.63, 3.8) is 0 Å². The molecule has 0 aliphatic rings. The zero-order valence-corrected chi connectivity index (χ0v) is 9.60. The van der Waals surface area contributed by atoms with Crippen LogP contribution in [-0.2, 0) is 6.54 Å². The van der Waals surface area contributed by atoms with Crippen LogP contribution in [0.25, 0.3) is 0 Å². The van der Waals surface area contributed by atoms with Gasteiger partial charge in [0.15, 0.2) is 0 Å². The lowest BCUT2D eigenvalue weighted by atomic mass is 10.3. The number of aromatic amines is 1. The molecule has 0 saturated heterocycles. The van der Waals surface area contributed by atoms with E-state index in [2.05, 4.69) is 20.6 Å². The third kappa shape index (κ3) is 2.60. The summed E-state index contributed by atoms with van der Waals surface area (Å²) in [5, 5.41) is 8.00. The first-order valence-electron chi connectivity index (χ1n) is 4.81. The van der Waals surface area contributed by atoms with E-state index in [1.165, 1.54) is 11.3 Å². The molecule has 0 aliphatic carbocycles. The number of thiazole rings is 1. The van der Waals surface area contributed by atoms with Gasteiger partial charge in [0.1, 0.15) is 0 Å². The third-order valence-corrected chi connectivity index (χ3v) is 2.80. The zero-order valence-electron chi connectivity index (χ0n) is 8.78. The van der Waals surface area contributed by atoms with Crippen molar-refractivity contribution in [2.45, 2.75) is 6.54 Å². The molecular formula is C10H12N4OS. The Hall–Kier alpha value is -1.82. The van der Waals surface area contributed by atoms with Gasteiger partial charge in [-0.3, -0.25) is 9.78 Å². The van der Waals surface area contributed by atoms with Gasteiger partial charge in [0.05, 0.1) is 30.3 Å². The van der Waals surface area contributed by atoms with Crippen LogP contribution in [0.4, 0.5) is 11.4 Å². The van der Waals surface area contributed by atoms with Crippen molar-refractivity contribution in [3.8, 4) is 0 Å². The summed E-state index contributed by atoms with van der Waals surface area (Å²) >= 11 is 1.17. The normalized spacial score (nSPS) is 10.1. The van der Waals surface area contributed by atoms with Crippen LogP contribution in [0.2, 0.25) is 0 Å². The molecule has 0 bridgehead atoms. The van der Waals surface area contributed by atoms with E-state index in [4.69, 9.17) is 0 Å². The number of nitrogens with one attached hydrogen (secondary N) is 3. The van der Waals surface area contributed by atoms with Crippen LogP contribution in [0.5, 0.6) is 0 Å². The van der Waals surface area contributed by atoms with Crippen molar-refractivity contribution in [1.82, 2.24) is 9.97 Å². The minimum Gasteiger partial charge on any atom is -0.387 e. The van der Waals surface area contributed by atoms with Crippen molar-refractivity contribution < 1.29 is 0 Å². The quantitative estimate of drug-likeness (QED) is 0.752.